The van der Waals surface area contributed by atoms with Crippen LogP contribution in [0.1, 0.15) is 37.3 Å². The van der Waals surface area contributed by atoms with Crippen LogP contribution < -0.4 is 10.2 Å². The highest BCUT2D eigenvalue weighted by molar-refractivity contribution is 6.00. The van der Waals surface area contributed by atoms with Crippen LogP contribution in [0.15, 0.2) is 48.5 Å². The van der Waals surface area contributed by atoms with E-state index in [1.807, 2.05) is 48.5 Å². The van der Waals surface area contributed by atoms with Gasteiger partial charge in [-0.2, -0.15) is 0 Å². The molecule has 2 aliphatic rings. The maximum atomic E-state index is 13.0. The summed E-state index contributed by atoms with van der Waals surface area (Å²) < 4.78 is 0. The molecule has 0 atom stereocenters. The Hall–Kier alpha value is -2.62. The molecule has 0 aromatic heterocycles. The molecule has 4 rings (SSSR count). The quantitative estimate of drug-likeness (QED) is 0.931. The molecule has 0 unspecified atom stereocenters. The van der Waals surface area contributed by atoms with Crippen molar-refractivity contribution in [1.82, 2.24) is 0 Å². The first kappa shape index (κ1) is 15.9. The number of fused-ring (bicyclic) bond motifs is 1. The van der Waals surface area contributed by atoms with Crippen molar-refractivity contribution >= 4 is 23.2 Å². The fraction of sp³-hybridized carbons (Fsp3) is 0.333. The summed E-state index contributed by atoms with van der Waals surface area (Å²) >= 11 is 0. The molecule has 1 N–H and O–H groups in total. The van der Waals surface area contributed by atoms with Gasteiger partial charge in [0, 0.05) is 24.8 Å². The molecule has 2 amide bonds. The van der Waals surface area contributed by atoms with Crippen LogP contribution in [0.5, 0.6) is 0 Å². The summed E-state index contributed by atoms with van der Waals surface area (Å²) in [5.74, 6) is 0.138. The Bertz CT molecular complexity index is 825. The molecule has 1 aliphatic heterocycles. The van der Waals surface area contributed by atoms with E-state index in [0.29, 0.717) is 0 Å². The highest BCUT2D eigenvalue weighted by atomic mass is 16.2. The van der Waals surface area contributed by atoms with Crippen LogP contribution >= 0.6 is 0 Å². The second kappa shape index (κ2) is 6.03. The number of nitrogens with one attached hydrogen (secondary N) is 1. The second-order valence-electron chi connectivity index (χ2n) is 7.02. The van der Waals surface area contributed by atoms with Crippen LogP contribution in [0.3, 0.4) is 0 Å². The Morgan fingerprint density at radius 2 is 1.84 bits per heavy atom. The van der Waals surface area contributed by atoms with Gasteiger partial charge in [-0.25, -0.2) is 0 Å². The third-order valence-corrected chi connectivity index (χ3v) is 5.58. The van der Waals surface area contributed by atoms with Crippen molar-refractivity contribution in [2.75, 3.05) is 16.8 Å². The lowest BCUT2D eigenvalue weighted by atomic mass is 9.64. The van der Waals surface area contributed by atoms with Gasteiger partial charge < -0.3 is 10.2 Å². The molecular weight excluding hydrogens is 312 g/mol. The smallest absolute Gasteiger partial charge is 0.235 e. The molecule has 1 saturated carbocycles. The van der Waals surface area contributed by atoms with E-state index in [9.17, 15) is 9.59 Å². The molecule has 4 nitrogen and oxygen atoms in total. The predicted octanol–water partition coefficient (Wildman–Crippen LogP) is 3.66. The molecule has 2 aromatic rings. The minimum atomic E-state index is -0.397. The molecule has 0 radical (unpaired) electrons. The van der Waals surface area contributed by atoms with E-state index in [1.54, 1.807) is 11.8 Å². The van der Waals surface area contributed by atoms with Gasteiger partial charge in [-0.3, -0.25) is 9.59 Å². The van der Waals surface area contributed by atoms with Crippen molar-refractivity contribution in [3.05, 3.63) is 59.7 Å². The van der Waals surface area contributed by atoms with Crippen LogP contribution in [-0.2, 0) is 21.4 Å². The van der Waals surface area contributed by atoms with Crippen molar-refractivity contribution in [2.45, 2.75) is 38.0 Å². The van der Waals surface area contributed by atoms with Gasteiger partial charge in [0.05, 0.1) is 5.41 Å². The fourth-order valence-electron chi connectivity index (χ4n) is 3.99. The average Bonchev–Trinajstić information content (AvgIpc) is 2.98. The van der Waals surface area contributed by atoms with Gasteiger partial charge in [-0.1, -0.05) is 36.8 Å². The minimum Gasteiger partial charge on any atom is -0.325 e. The first-order chi connectivity index (χ1) is 12.1. The molecule has 4 heteroatoms. The first-order valence-corrected chi connectivity index (χ1v) is 8.88. The third kappa shape index (κ3) is 2.62. The number of carbonyl (C=O) groups excluding carboxylic acids is 2. The van der Waals surface area contributed by atoms with E-state index in [1.165, 1.54) is 0 Å². The van der Waals surface area contributed by atoms with Crippen LogP contribution in [-0.4, -0.2) is 18.4 Å². The van der Waals surface area contributed by atoms with E-state index in [-0.39, 0.29) is 11.8 Å². The van der Waals surface area contributed by atoms with Crippen molar-refractivity contribution in [1.29, 1.82) is 0 Å². The SMILES string of the molecule is CC(=O)N1CCc2cc(NC(=O)C3(c4ccccc4)CCC3)ccc21. The maximum Gasteiger partial charge on any atom is 0.235 e. The van der Waals surface area contributed by atoms with E-state index < -0.39 is 5.41 Å². The lowest BCUT2D eigenvalue weighted by Gasteiger charge is -2.40. The number of rotatable bonds is 3. The van der Waals surface area contributed by atoms with Crippen LogP contribution in [0.4, 0.5) is 11.4 Å². The molecule has 0 spiro atoms. The summed E-state index contributed by atoms with van der Waals surface area (Å²) in [6.45, 7) is 2.31. The van der Waals surface area contributed by atoms with Gasteiger partial charge in [0.25, 0.3) is 0 Å². The standard InChI is InChI=1S/C21H22N2O2/c1-15(24)23-13-10-16-14-18(8-9-19(16)23)22-20(25)21(11-5-12-21)17-6-3-2-4-7-17/h2-4,6-9,14H,5,10-13H2,1H3,(H,22,25). The maximum absolute atomic E-state index is 13.0. The van der Waals surface area contributed by atoms with Crippen LogP contribution in [0, 0.1) is 0 Å². The molecule has 0 saturated heterocycles. The zero-order valence-electron chi connectivity index (χ0n) is 14.4. The molecule has 25 heavy (non-hydrogen) atoms. The highest BCUT2D eigenvalue weighted by Gasteiger charge is 2.45. The Labute approximate surface area is 147 Å². The van der Waals surface area contributed by atoms with E-state index >= 15 is 0 Å². The number of amides is 2. The Balaban J connectivity index is 1.57. The summed E-state index contributed by atoms with van der Waals surface area (Å²) in [7, 11) is 0. The fourth-order valence-corrected chi connectivity index (χ4v) is 3.99. The molecule has 1 fully saturated rings. The number of nitrogens with zero attached hydrogens (tertiary/aromatic N) is 1. The molecule has 1 heterocycles. The predicted molar refractivity (Wildman–Crippen MR) is 98.8 cm³/mol. The third-order valence-electron chi connectivity index (χ3n) is 5.58. The molecule has 2 aromatic carbocycles. The van der Waals surface area contributed by atoms with Gasteiger partial charge in [0.15, 0.2) is 0 Å². The normalized spacial score (nSPS) is 17.6. The van der Waals surface area contributed by atoms with Crippen molar-refractivity contribution in [3.8, 4) is 0 Å². The topological polar surface area (TPSA) is 49.4 Å². The largest absolute Gasteiger partial charge is 0.325 e. The van der Waals surface area contributed by atoms with Gasteiger partial charge in [-0.05, 0) is 48.6 Å². The number of anilines is 2. The zero-order valence-corrected chi connectivity index (χ0v) is 14.4. The number of hydrogen-bond acceptors (Lipinski definition) is 2. The van der Waals surface area contributed by atoms with Crippen molar-refractivity contribution < 1.29 is 9.59 Å². The van der Waals surface area contributed by atoms with Crippen LogP contribution in [0.2, 0.25) is 0 Å². The molecule has 0 bridgehead atoms. The minimum absolute atomic E-state index is 0.0630. The number of carbonyl (C=O) groups is 2. The lowest BCUT2D eigenvalue weighted by molar-refractivity contribution is -0.124. The second-order valence-corrected chi connectivity index (χ2v) is 7.02. The summed E-state index contributed by atoms with van der Waals surface area (Å²) in [5.41, 5.74) is 3.60. The zero-order chi connectivity index (χ0) is 17.4. The van der Waals surface area contributed by atoms with Gasteiger partial charge >= 0.3 is 0 Å². The van der Waals surface area contributed by atoms with Crippen molar-refractivity contribution in [3.63, 3.8) is 0 Å². The summed E-state index contributed by atoms with van der Waals surface area (Å²) in [5, 5.41) is 3.11. The molecule has 128 valence electrons. The summed E-state index contributed by atoms with van der Waals surface area (Å²) in [6.07, 6.45) is 3.71. The Kier molecular flexibility index (Phi) is 3.83. The van der Waals surface area contributed by atoms with E-state index in [0.717, 1.165) is 54.7 Å². The first-order valence-electron chi connectivity index (χ1n) is 8.88. The van der Waals surface area contributed by atoms with Crippen LogP contribution in [0.25, 0.3) is 0 Å². The number of benzene rings is 2. The van der Waals surface area contributed by atoms with E-state index in [2.05, 4.69) is 5.32 Å². The summed E-state index contributed by atoms with van der Waals surface area (Å²) in [4.78, 5) is 26.5. The lowest BCUT2D eigenvalue weighted by Crippen LogP contribution is -2.45. The van der Waals surface area contributed by atoms with Gasteiger partial charge in [-0.15, -0.1) is 0 Å². The van der Waals surface area contributed by atoms with E-state index in [4.69, 9.17) is 0 Å². The highest BCUT2D eigenvalue weighted by Crippen LogP contribution is 2.44. The van der Waals surface area contributed by atoms with Gasteiger partial charge in [0.1, 0.15) is 0 Å². The monoisotopic (exact) mass is 334 g/mol. The molecule has 1 aliphatic carbocycles. The Morgan fingerprint density at radius 3 is 2.48 bits per heavy atom. The Morgan fingerprint density at radius 1 is 1.08 bits per heavy atom. The summed E-state index contributed by atoms with van der Waals surface area (Å²) in [6, 6.07) is 15.9. The average molecular weight is 334 g/mol. The number of hydrogen-bond donors (Lipinski definition) is 1. The van der Waals surface area contributed by atoms with Crippen molar-refractivity contribution in [2.24, 2.45) is 0 Å². The molecular formula is C21H22N2O2. The van der Waals surface area contributed by atoms with Gasteiger partial charge in [0.2, 0.25) is 11.8 Å².